The summed E-state index contributed by atoms with van der Waals surface area (Å²) in [6, 6.07) is 20.5. The van der Waals surface area contributed by atoms with Crippen LogP contribution in [0.25, 0.3) is 21.8 Å². The Kier molecular flexibility index (Phi) is 4.42. The molecule has 0 saturated heterocycles. The number of hydrogen-bond donors (Lipinski definition) is 1. The molecule has 0 aliphatic heterocycles. The largest absolute Gasteiger partial charge is 0.349 e. The van der Waals surface area contributed by atoms with Crippen LogP contribution in [0.4, 0.5) is 0 Å². The highest BCUT2D eigenvalue weighted by Crippen LogP contribution is 2.18. The molecule has 5 heteroatoms. The lowest BCUT2D eigenvalue weighted by atomic mass is 10.1. The van der Waals surface area contributed by atoms with Crippen LogP contribution in [0.1, 0.15) is 11.4 Å². The van der Waals surface area contributed by atoms with Gasteiger partial charge in [-0.05, 0) is 43.3 Å². The van der Waals surface area contributed by atoms with E-state index in [9.17, 15) is 9.59 Å². The molecule has 0 spiro atoms. The minimum atomic E-state index is -0.128. The summed E-state index contributed by atoms with van der Waals surface area (Å²) < 4.78 is 1.89. The third kappa shape index (κ3) is 3.31. The maximum Gasteiger partial charge on any atom is 0.240 e. The van der Waals surface area contributed by atoms with Crippen molar-refractivity contribution in [2.45, 2.75) is 20.0 Å². The van der Waals surface area contributed by atoms with Crippen molar-refractivity contribution in [1.29, 1.82) is 0 Å². The molecule has 27 heavy (non-hydrogen) atoms. The molecule has 134 valence electrons. The maximum absolute atomic E-state index is 12.7. The zero-order valence-electron chi connectivity index (χ0n) is 15.0. The number of rotatable bonds is 4. The van der Waals surface area contributed by atoms with Gasteiger partial charge in [-0.3, -0.25) is 14.6 Å². The van der Waals surface area contributed by atoms with E-state index in [0.717, 1.165) is 22.4 Å². The van der Waals surface area contributed by atoms with Crippen LogP contribution >= 0.6 is 0 Å². The summed E-state index contributed by atoms with van der Waals surface area (Å²) in [6.45, 7) is 2.42. The summed E-state index contributed by atoms with van der Waals surface area (Å²) in [7, 11) is 0. The first kappa shape index (κ1) is 17.0. The predicted molar refractivity (Wildman–Crippen MR) is 107 cm³/mol. The van der Waals surface area contributed by atoms with Crippen LogP contribution in [0.15, 0.2) is 71.5 Å². The van der Waals surface area contributed by atoms with Gasteiger partial charge in [0.05, 0.1) is 23.3 Å². The molecule has 4 aromatic rings. The third-order valence-corrected chi connectivity index (χ3v) is 4.59. The average Bonchev–Trinajstić information content (AvgIpc) is 2.70. The number of fused-ring (bicyclic) bond motifs is 2. The second-order valence-corrected chi connectivity index (χ2v) is 6.50. The van der Waals surface area contributed by atoms with Gasteiger partial charge in [0.15, 0.2) is 5.43 Å². The standard InChI is InChI=1S/C22H19N3O2/c1-15-7-6-8-16(24-15)13-23-21(26)14-25-19-11-4-2-9-17(19)22(27)18-10-3-5-12-20(18)25/h2-12H,13-14H2,1H3,(H,23,26). The zero-order chi connectivity index (χ0) is 18.8. The van der Waals surface area contributed by atoms with Crippen LogP contribution in [0.2, 0.25) is 0 Å². The van der Waals surface area contributed by atoms with Crippen molar-refractivity contribution < 1.29 is 4.79 Å². The maximum atomic E-state index is 12.7. The fraction of sp³-hybridized carbons (Fsp3) is 0.136. The highest BCUT2D eigenvalue weighted by Gasteiger charge is 2.12. The molecule has 0 bridgehead atoms. The van der Waals surface area contributed by atoms with Crippen LogP contribution in [0.3, 0.4) is 0 Å². The van der Waals surface area contributed by atoms with Crippen molar-refractivity contribution in [2.24, 2.45) is 0 Å². The second-order valence-electron chi connectivity index (χ2n) is 6.50. The van der Waals surface area contributed by atoms with Crippen LogP contribution in [-0.2, 0) is 17.9 Å². The van der Waals surface area contributed by atoms with E-state index >= 15 is 0 Å². The molecule has 2 heterocycles. The van der Waals surface area contributed by atoms with Gasteiger partial charge in [0.1, 0.15) is 6.54 Å². The molecule has 1 N–H and O–H groups in total. The van der Waals surface area contributed by atoms with E-state index in [0.29, 0.717) is 17.3 Å². The number of nitrogens with zero attached hydrogens (tertiary/aromatic N) is 2. The van der Waals surface area contributed by atoms with E-state index in [1.807, 2.05) is 66.1 Å². The molecule has 0 saturated carbocycles. The van der Waals surface area contributed by atoms with Crippen molar-refractivity contribution in [3.63, 3.8) is 0 Å². The fourth-order valence-electron chi connectivity index (χ4n) is 3.33. The smallest absolute Gasteiger partial charge is 0.240 e. The number of carbonyl (C=O) groups excluding carboxylic acids is 1. The Bertz CT molecular complexity index is 1150. The first-order valence-electron chi connectivity index (χ1n) is 8.83. The van der Waals surface area contributed by atoms with Gasteiger partial charge in [-0.2, -0.15) is 0 Å². The van der Waals surface area contributed by atoms with Crippen molar-refractivity contribution in [3.05, 3.63) is 88.3 Å². The molecule has 0 fully saturated rings. The van der Waals surface area contributed by atoms with Crippen molar-refractivity contribution in [3.8, 4) is 0 Å². The lowest BCUT2D eigenvalue weighted by molar-refractivity contribution is -0.121. The first-order chi connectivity index (χ1) is 13.1. The van der Waals surface area contributed by atoms with Gasteiger partial charge in [-0.1, -0.05) is 30.3 Å². The summed E-state index contributed by atoms with van der Waals surface area (Å²) >= 11 is 0. The summed E-state index contributed by atoms with van der Waals surface area (Å²) in [4.78, 5) is 29.8. The number of nitrogens with one attached hydrogen (secondary N) is 1. The zero-order valence-corrected chi connectivity index (χ0v) is 15.0. The van der Waals surface area contributed by atoms with Crippen LogP contribution in [0.5, 0.6) is 0 Å². The Labute approximate surface area is 156 Å². The third-order valence-electron chi connectivity index (χ3n) is 4.59. The number of aryl methyl sites for hydroxylation is 1. The van der Waals surface area contributed by atoms with E-state index in [1.165, 1.54) is 0 Å². The number of para-hydroxylation sites is 2. The molecule has 5 nitrogen and oxygen atoms in total. The molecular formula is C22H19N3O2. The topological polar surface area (TPSA) is 64.0 Å². The number of hydrogen-bond acceptors (Lipinski definition) is 3. The normalized spacial score (nSPS) is 11.0. The number of benzene rings is 2. The Morgan fingerprint density at radius 3 is 2.19 bits per heavy atom. The highest BCUT2D eigenvalue weighted by molar-refractivity contribution is 5.94. The van der Waals surface area contributed by atoms with E-state index in [4.69, 9.17) is 0 Å². The predicted octanol–water partition coefficient (Wildman–Crippen LogP) is 3.17. The average molecular weight is 357 g/mol. The molecule has 0 aliphatic carbocycles. The minimum Gasteiger partial charge on any atom is -0.349 e. The first-order valence-corrected chi connectivity index (χ1v) is 8.83. The molecule has 0 unspecified atom stereocenters. The molecule has 2 aromatic heterocycles. The van der Waals surface area contributed by atoms with E-state index in [1.54, 1.807) is 12.1 Å². The van der Waals surface area contributed by atoms with Crippen molar-refractivity contribution in [1.82, 2.24) is 14.9 Å². The monoisotopic (exact) mass is 357 g/mol. The number of carbonyl (C=O) groups is 1. The van der Waals surface area contributed by atoms with Crippen molar-refractivity contribution >= 4 is 27.7 Å². The lowest BCUT2D eigenvalue weighted by Crippen LogP contribution is -2.28. The molecular weight excluding hydrogens is 338 g/mol. The van der Waals surface area contributed by atoms with E-state index in [2.05, 4.69) is 10.3 Å². The van der Waals surface area contributed by atoms with Gasteiger partial charge in [-0.15, -0.1) is 0 Å². The number of amides is 1. The van der Waals surface area contributed by atoms with Crippen LogP contribution in [-0.4, -0.2) is 15.5 Å². The van der Waals surface area contributed by atoms with Gasteiger partial charge in [0.2, 0.25) is 5.91 Å². The summed E-state index contributed by atoms with van der Waals surface area (Å²) in [5.74, 6) is -0.128. The Balaban J connectivity index is 1.69. The van der Waals surface area contributed by atoms with E-state index < -0.39 is 0 Å². The molecule has 0 aliphatic rings. The highest BCUT2D eigenvalue weighted by atomic mass is 16.2. The fourth-order valence-corrected chi connectivity index (χ4v) is 3.33. The van der Waals surface area contributed by atoms with Gasteiger partial charge in [0, 0.05) is 16.5 Å². The quantitative estimate of drug-likeness (QED) is 0.571. The number of aromatic nitrogens is 2. The SMILES string of the molecule is Cc1cccc(CNC(=O)Cn2c3ccccc3c(=O)c3ccccc32)n1. The number of pyridine rings is 2. The second kappa shape index (κ2) is 7.03. The van der Waals surface area contributed by atoms with Gasteiger partial charge in [0.25, 0.3) is 0 Å². The van der Waals surface area contributed by atoms with Gasteiger partial charge >= 0.3 is 0 Å². The lowest BCUT2D eigenvalue weighted by Gasteiger charge is -2.15. The Morgan fingerprint density at radius 1 is 0.926 bits per heavy atom. The van der Waals surface area contributed by atoms with Crippen molar-refractivity contribution in [2.75, 3.05) is 0 Å². The Hall–Kier alpha value is -3.47. The van der Waals surface area contributed by atoms with Crippen LogP contribution < -0.4 is 10.7 Å². The molecule has 0 radical (unpaired) electrons. The summed E-state index contributed by atoms with van der Waals surface area (Å²) in [5, 5.41) is 4.15. The molecule has 0 atom stereocenters. The summed E-state index contributed by atoms with van der Waals surface area (Å²) in [6.07, 6.45) is 0. The molecule has 1 amide bonds. The Morgan fingerprint density at radius 2 is 1.56 bits per heavy atom. The molecule has 4 rings (SSSR count). The van der Waals surface area contributed by atoms with Gasteiger partial charge < -0.3 is 9.88 Å². The summed E-state index contributed by atoms with van der Waals surface area (Å²) in [5.41, 5.74) is 3.23. The van der Waals surface area contributed by atoms with Crippen LogP contribution in [0, 0.1) is 6.92 Å². The van der Waals surface area contributed by atoms with E-state index in [-0.39, 0.29) is 17.9 Å². The molecule has 2 aromatic carbocycles. The van der Waals surface area contributed by atoms with Gasteiger partial charge in [-0.25, -0.2) is 0 Å². The minimum absolute atomic E-state index is 0.0122.